The Labute approximate surface area is 216 Å². The highest BCUT2D eigenvalue weighted by Gasteiger charge is 2.35. The number of nitrogens with one attached hydrogen (secondary N) is 1. The van der Waals surface area contributed by atoms with E-state index in [9.17, 15) is 4.79 Å². The number of terminal acetylenes is 1. The van der Waals surface area contributed by atoms with Crippen molar-refractivity contribution in [3.63, 3.8) is 0 Å². The number of hydrogen-bond acceptors (Lipinski definition) is 4. The molecule has 1 atom stereocenters. The van der Waals surface area contributed by atoms with Crippen LogP contribution in [0.15, 0.2) is 72.1 Å². The maximum Gasteiger partial charge on any atom is 0.254 e. The van der Waals surface area contributed by atoms with Gasteiger partial charge in [-0.05, 0) is 49.6 Å². The fourth-order valence-corrected chi connectivity index (χ4v) is 4.43. The molecule has 0 bridgehead atoms. The van der Waals surface area contributed by atoms with E-state index in [1.807, 2.05) is 65.0 Å². The van der Waals surface area contributed by atoms with Crippen molar-refractivity contribution in [1.29, 1.82) is 0 Å². The summed E-state index contributed by atoms with van der Waals surface area (Å²) in [5, 5.41) is 8.69. The minimum Gasteiger partial charge on any atom is -0.497 e. The molecular formula is C27H28Cl2N4O2. The maximum absolute atomic E-state index is 13.2. The van der Waals surface area contributed by atoms with Gasteiger partial charge in [-0.25, -0.2) is 4.68 Å². The number of allylic oxidation sites excluding steroid dienone is 1. The van der Waals surface area contributed by atoms with Crippen LogP contribution in [0.5, 0.6) is 5.75 Å². The van der Waals surface area contributed by atoms with Crippen LogP contribution in [0.4, 0.5) is 5.82 Å². The molecule has 1 N–H and O–H groups in total. The predicted molar refractivity (Wildman–Crippen MR) is 142 cm³/mol. The van der Waals surface area contributed by atoms with E-state index in [-0.39, 0.29) is 11.9 Å². The fraction of sp³-hybridized carbons (Fsp3) is 0.259. The van der Waals surface area contributed by atoms with Gasteiger partial charge in [0.25, 0.3) is 5.91 Å². The smallest absolute Gasteiger partial charge is 0.254 e. The number of benzene rings is 2. The minimum atomic E-state index is -0.325. The summed E-state index contributed by atoms with van der Waals surface area (Å²) in [5.41, 5.74) is 2.44. The summed E-state index contributed by atoms with van der Waals surface area (Å²) in [6, 6.07) is 16.7. The average molecular weight is 511 g/mol. The largest absolute Gasteiger partial charge is 0.497 e. The number of aromatic nitrogens is 2. The van der Waals surface area contributed by atoms with E-state index in [0.29, 0.717) is 15.6 Å². The summed E-state index contributed by atoms with van der Waals surface area (Å²) in [7, 11) is 1.66. The van der Waals surface area contributed by atoms with Crippen molar-refractivity contribution in [2.75, 3.05) is 25.5 Å². The molecule has 1 saturated heterocycles. The third-order valence-corrected chi connectivity index (χ3v) is 6.51. The van der Waals surface area contributed by atoms with Crippen LogP contribution in [0.25, 0.3) is 0 Å². The molecule has 1 unspecified atom stereocenters. The zero-order valence-corrected chi connectivity index (χ0v) is 21.3. The Kier molecular flexibility index (Phi) is 9.25. The van der Waals surface area contributed by atoms with Gasteiger partial charge in [-0.2, -0.15) is 5.10 Å². The SMILES string of the molecule is C#C.CC1=C(C(=O)N2CCCC2)C(c2ccc(Cl)c(Cl)c2)n2nccc2N1.COc1ccccc1. The lowest BCUT2D eigenvalue weighted by atomic mass is 9.94. The molecule has 1 amide bonds. The summed E-state index contributed by atoms with van der Waals surface area (Å²) in [6.45, 7) is 3.54. The van der Waals surface area contributed by atoms with Gasteiger partial charge in [0.1, 0.15) is 17.6 Å². The molecule has 6 nitrogen and oxygen atoms in total. The molecule has 8 heteroatoms. The Balaban J connectivity index is 0.000000289. The number of halogens is 2. The molecule has 0 spiro atoms. The van der Waals surface area contributed by atoms with Gasteiger partial charge in [-0.1, -0.05) is 47.5 Å². The van der Waals surface area contributed by atoms with Crippen LogP contribution in [0.2, 0.25) is 10.0 Å². The first-order valence-electron chi connectivity index (χ1n) is 11.2. The molecule has 35 heavy (non-hydrogen) atoms. The van der Waals surface area contributed by atoms with Crippen LogP contribution in [-0.2, 0) is 4.79 Å². The summed E-state index contributed by atoms with van der Waals surface area (Å²) in [6.07, 6.45) is 11.8. The molecule has 0 saturated carbocycles. The Bertz CT molecular complexity index is 1200. The van der Waals surface area contributed by atoms with Gasteiger partial charge in [-0.15, -0.1) is 12.8 Å². The van der Waals surface area contributed by atoms with Gasteiger partial charge in [0.15, 0.2) is 0 Å². The molecule has 0 radical (unpaired) electrons. The van der Waals surface area contributed by atoms with Crippen molar-refractivity contribution in [2.45, 2.75) is 25.8 Å². The third kappa shape index (κ3) is 6.00. The molecule has 1 aromatic heterocycles. The monoisotopic (exact) mass is 510 g/mol. The van der Waals surface area contributed by atoms with Gasteiger partial charge >= 0.3 is 0 Å². The van der Waals surface area contributed by atoms with Crippen LogP contribution in [0, 0.1) is 12.8 Å². The number of nitrogens with zero attached hydrogens (tertiary/aromatic N) is 3. The third-order valence-electron chi connectivity index (χ3n) is 5.77. The zero-order valence-electron chi connectivity index (χ0n) is 19.7. The predicted octanol–water partition coefficient (Wildman–Crippen LogP) is 6.05. The Morgan fingerprint density at radius 1 is 1.06 bits per heavy atom. The number of methoxy groups -OCH3 is 1. The fourth-order valence-electron chi connectivity index (χ4n) is 4.12. The molecule has 1 fully saturated rings. The van der Waals surface area contributed by atoms with Crippen molar-refractivity contribution in [3.05, 3.63) is 87.7 Å². The minimum absolute atomic E-state index is 0.0553. The molecule has 3 heterocycles. The van der Waals surface area contributed by atoms with E-state index in [2.05, 4.69) is 23.3 Å². The second kappa shape index (κ2) is 12.3. The second-order valence-electron chi connectivity index (χ2n) is 7.92. The first-order chi connectivity index (χ1) is 17.0. The topological polar surface area (TPSA) is 59.4 Å². The molecule has 2 aliphatic heterocycles. The highest BCUT2D eigenvalue weighted by Crippen LogP contribution is 2.38. The molecule has 3 aromatic rings. The lowest BCUT2D eigenvalue weighted by molar-refractivity contribution is -0.126. The summed E-state index contributed by atoms with van der Waals surface area (Å²) >= 11 is 12.3. The average Bonchev–Trinajstić information content (AvgIpc) is 3.59. The van der Waals surface area contributed by atoms with Crippen LogP contribution in [0.1, 0.15) is 31.4 Å². The van der Waals surface area contributed by atoms with E-state index >= 15 is 0 Å². The van der Waals surface area contributed by atoms with Crippen molar-refractivity contribution in [2.24, 2.45) is 0 Å². The van der Waals surface area contributed by atoms with Crippen LogP contribution in [0.3, 0.4) is 0 Å². The number of ether oxygens (including phenoxy) is 1. The number of amides is 1. The lowest BCUT2D eigenvalue weighted by Crippen LogP contribution is -2.36. The van der Waals surface area contributed by atoms with Crippen molar-refractivity contribution >= 4 is 34.9 Å². The first kappa shape index (κ1) is 26.2. The number of anilines is 1. The van der Waals surface area contributed by atoms with E-state index in [0.717, 1.165) is 48.8 Å². The Morgan fingerprint density at radius 2 is 1.74 bits per heavy atom. The van der Waals surface area contributed by atoms with E-state index < -0.39 is 0 Å². The van der Waals surface area contributed by atoms with Gasteiger partial charge in [-0.3, -0.25) is 4.79 Å². The van der Waals surface area contributed by atoms with E-state index in [1.165, 1.54) is 0 Å². The number of rotatable bonds is 3. The molecule has 5 rings (SSSR count). The van der Waals surface area contributed by atoms with Gasteiger partial charge in [0, 0.05) is 24.9 Å². The number of fused-ring (bicyclic) bond motifs is 1. The van der Waals surface area contributed by atoms with Crippen molar-refractivity contribution < 1.29 is 9.53 Å². The zero-order chi connectivity index (χ0) is 25.4. The quantitative estimate of drug-likeness (QED) is 0.436. The van der Waals surface area contributed by atoms with Gasteiger partial charge in [0.05, 0.1) is 28.9 Å². The summed E-state index contributed by atoms with van der Waals surface area (Å²) < 4.78 is 6.74. The Hall–Kier alpha value is -3.40. The molecule has 182 valence electrons. The molecule has 0 aliphatic carbocycles. The van der Waals surface area contributed by atoms with Crippen molar-refractivity contribution in [3.8, 4) is 18.6 Å². The summed E-state index contributed by atoms with van der Waals surface area (Å²) in [4.78, 5) is 15.1. The van der Waals surface area contributed by atoms with Crippen LogP contribution >= 0.6 is 23.2 Å². The van der Waals surface area contributed by atoms with Gasteiger partial charge in [0.2, 0.25) is 0 Å². The highest BCUT2D eigenvalue weighted by atomic mass is 35.5. The molecule has 2 aliphatic rings. The standard InChI is InChI=1S/C18H18Cl2N4O.C7H8O.C2H2/c1-11-16(18(25)23-8-2-3-9-23)17(24-15(22-11)6-7-21-24)12-4-5-13(19)14(20)10-12;1-8-7-5-3-2-4-6-7;1-2/h4-7,10,17,22H,2-3,8-9H2,1H3;2-6H,1H3;1-2H. The van der Waals surface area contributed by atoms with Gasteiger partial charge < -0.3 is 15.0 Å². The highest BCUT2D eigenvalue weighted by molar-refractivity contribution is 6.42. The van der Waals surface area contributed by atoms with Crippen LogP contribution < -0.4 is 10.1 Å². The number of likely N-dealkylation sites (tertiary alicyclic amines) is 1. The Morgan fingerprint density at radius 3 is 2.34 bits per heavy atom. The summed E-state index contributed by atoms with van der Waals surface area (Å²) in [5.74, 6) is 1.82. The molecular weight excluding hydrogens is 483 g/mol. The lowest BCUT2D eigenvalue weighted by Gasteiger charge is -2.32. The number of hydrogen-bond donors (Lipinski definition) is 1. The number of carbonyl (C=O) groups is 1. The van der Waals surface area contributed by atoms with E-state index in [1.54, 1.807) is 19.4 Å². The first-order valence-corrected chi connectivity index (χ1v) is 11.9. The number of para-hydroxylation sites is 1. The van der Waals surface area contributed by atoms with Crippen LogP contribution in [-0.4, -0.2) is 40.8 Å². The van der Waals surface area contributed by atoms with Crippen molar-refractivity contribution in [1.82, 2.24) is 14.7 Å². The van der Waals surface area contributed by atoms with E-state index in [4.69, 9.17) is 27.9 Å². The normalized spacial score (nSPS) is 16.2. The second-order valence-corrected chi connectivity index (χ2v) is 8.73. The number of carbonyl (C=O) groups excluding carboxylic acids is 1. The maximum atomic E-state index is 13.2. The molecule has 2 aromatic carbocycles.